The van der Waals surface area contributed by atoms with Gasteiger partial charge in [-0.2, -0.15) is 0 Å². The summed E-state index contributed by atoms with van der Waals surface area (Å²) in [6.45, 7) is 4.79. The number of aliphatic hydroxyl groups excluding tert-OH is 1. The molecule has 1 aromatic carbocycles. The molecule has 3 rings (SSSR count). The number of carbonyl (C=O) groups excluding carboxylic acids is 1. The molecule has 2 heterocycles. The monoisotopic (exact) mass is 303 g/mol. The fraction of sp³-hybridized carbons (Fsp3) is 0.588. The molecule has 0 aromatic heterocycles. The highest BCUT2D eigenvalue weighted by atomic mass is 16.3. The number of nitrogens with one attached hydrogen (secondary N) is 1. The van der Waals surface area contributed by atoms with E-state index in [2.05, 4.69) is 10.2 Å². The number of aliphatic hydroxyl groups is 1. The van der Waals surface area contributed by atoms with Crippen LogP contribution in [0.15, 0.2) is 30.3 Å². The first-order valence-corrected chi connectivity index (χ1v) is 8.21. The van der Waals surface area contributed by atoms with Crippen LogP contribution < -0.4 is 5.32 Å². The summed E-state index contributed by atoms with van der Waals surface area (Å²) in [5, 5.41) is 13.6. The van der Waals surface area contributed by atoms with Crippen LogP contribution in [0.5, 0.6) is 0 Å². The number of benzene rings is 1. The molecule has 2 aliphatic heterocycles. The van der Waals surface area contributed by atoms with Gasteiger partial charge in [-0.1, -0.05) is 30.3 Å². The van der Waals surface area contributed by atoms with Crippen LogP contribution in [0.25, 0.3) is 0 Å². The summed E-state index contributed by atoms with van der Waals surface area (Å²) in [7, 11) is 0. The fourth-order valence-electron chi connectivity index (χ4n) is 3.29. The summed E-state index contributed by atoms with van der Waals surface area (Å²) < 4.78 is 0. The van der Waals surface area contributed by atoms with Gasteiger partial charge in [0.2, 0.25) is 5.91 Å². The SMILES string of the molecule is O=C(C1CCCN1)N1CCN(CC(O)c2ccccc2)CC1. The fourth-order valence-corrected chi connectivity index (χ4v) is 3.29. The van der Waals surface area contributed by atoms with Gasteiger partial charge < -0.3 is 15.3 Å². The Morgan fingerprint density at radius 1 is 1.23 bits per heavy atom. The molecule has 2 fully saturated rings. The predicted octanol–water partition coefficient (Wildman–Crippen LogP) is 0.616. The minimum Gasteiger partial charge on any atom is -0.387 e. The Morgan fingerprint density at radius 3 is 2.59 bits per heavy atom. The van der Waals surface area contributed by atoms with Crippen LogP contribution in [0, 0.1) is 0 Å². The van der Waals surface area contributed by atoms with Crippen molar-refractivity contribution < 1.29 is 9.90 Å². The topological polar surface area (TPSA) is 55.8 Å². The molecule has 2 unspecified atom stereocenters. The third kappa shape index (κ3) is 3.66. The minimum absolute atomic E-state index is 0.0291. The Hall–Kier alpha value is -1.43. The normalized spacial score (nSPS) is 24.4. The van der Waals surface area contributed by atoms with Gasteiger partial charge in [-0.05, 0) is 24.9 Å². The van der Waals surface area contributed by atoms with Gasteiger partial charge in [0, 0.05) is 32.7 Å². The van der Waals surface area contributed by atoms with Crippen molar-refractivity contribution in [1.82, 2.24) is 15.1 Å². The molecule has 2 aliphatic rings. The van der Waals surface area contributed by atoms with Crippen LogP contribution in [0.3, 0.4) is 0 Å². The standard InChI is InChI=1S/C17H25N3O2/c21-16(14-5-2-1-3-6-14)13-19-9-11-20(12-10-19)17(22)15-7-4-8-18-15/h1-3,5-6,15-16,18,21H,4,7-13H2. The molecule has 2 N–H and O–H groups in total. The summed E-state index contributed by atoms with van der Waals surface area (Å²) in [4.78, 5) is 16.6. The molecule has 0 bridgehead atoms. The first kappa shape index (κ1) is 15.5. The zero-order valence-corrected chi connectivity index (χ0v) is 12.9. The Bertz CT molecular complexity index is 480. The minimum atomic E-state index is -0.458. The van der Waals surface area contributed by atoms with Gasteiger partial charge in [0.15, 0.2) is 0 Å². The van der Waals surface area contributed by atoms with Crippen molar-refractivity contribution >= 4 is 5.91 Å². The number of rotatable bonds is 4. The van der Waals surface area contributed by atoms with Crippen LogP contribution in [0.1, 0.15) is 24.5 Å². The van der Waals surface area contributed by atoms with Gasteiger partial charge in [0.25, 0.3) is 0 Å². The molecule has 5 nitrogen and oxygen atoms in total. The zero-order valence-electron chi connectivity index (χ0n) is 12.9. The molecule has 2 saturated heterocycles. The second-order valence-electron chi connectivity index (χ2n) is 6.20. The maximum Gasteiger partial charge on any atom is 0.239 e. The van der Waals surface area contributed by atoms with Crippen molar-refractivity contribution in [3.05, 3.63) is 35.9 Å². The molecule has 1 amide bonds. The first-order valence-electron chi connectivity index (χ1n) is 8.21. The van der Waals surface area contributed by atoms with Gasteiger partial charge in [-0.25, -0.2) is 0 Å². The Kier molecular flexibility index (Phi) is 5.08. The van der Waals surface area contributed by atoms with E-state index in [1.807, 2.05) is 35.2 Å². The van der Waals surface area contributed by atoms with Crippen molar-refractivity contribution in [3.8, 4) is 0 Å². The second-order valence-corrected chi connectivity index (χ2v) is 6.20. The van der Waals surface area contributed by atoms with Crippen LogP contribution in [-0.4, -0.2) is 66.1 Å². The smallest absolute Gasteiger partial charge is 0.239 e. The molecule has 2 atom stereocenters. The molecule has 0 saturated carbocycles. The molecule has 0 aliphatic carbocycles. The van der Waals surface area contributed by atoms with E-state index in [4.69, 9.17) is 0 Å². The molecule has 5 heteroatoms. The summed E-state index contributed by atoms with van der Waals surface area (Å²) in [6.07, 6.45) is 1.60. The number of β-amino-alcohol motifs (C(OH)–C–C–N with tert-alkyl or cyclic N) is 1. The van der Waals surface area contributed by atoms with Gasteiger partial charge in [-0.15, -0.1) is 0 Å². The third-order valence-corrected chi connectivity index (χ3v) is 4.66. The maximum atomic E-state index is 12.3. The molecular formula is C17H25N3O2. The van der Waals surface area contributed by atoms with Gasteiger partial charge in [0.05, 0.1) is 12.1 Å². The van der Waals surface area contributed by atoms with E-state index < -0.39 is 6.10 Å². The van der Waals surface area contributed by atoms with E-state index in [1.165, 1.54) is 0 Å². The highest BCUT2D eigenvalue weighted by molar-refractivity contribution is 5.82. The summed E-state index contributed by atoms with van der Waals surface area (Å²) in [5.74, 6) is 0.251. The lowest BCUT2D eigenvalue weighted by Crippen LogP contribution is -2.53. The van der Waals surface area contributed by atoms with Crippen LogP contribution >= 0.6 is 0 Å². The molecule has 0 spiro atoms. The average molecular weight is 303 g/mol. The lowest BCUT2D eigenvalue weighted by molar-refractivity contribution is -0.135. The van der Waals surface area contributed by atoms with E-state index in [-0.39, 0.29) is 11.9 Å². The number of carbonyl (C=O) groups is 1. The summed E-state index contributed by atoms with van der Waals surface area (Å²) in [5.41, 5.74) is 0.955. The van der Waals surface area contributed by atoms with Gasteiger partial charge in [0.1, 0.15) is 0 Å². The van der Waals surface area contributed by atoms with E-state index in [0.29, 0.717) is 6.54 Å². The molecular weight excluding hydrogens is 278 g/mol. The van der Waals surface area contributed by atoms with Crippen molar-refractivity contribution in [1.29, 1.82) is 0 Å². The largest absolute Gasteiger partial charge is 0.387 e. The number of amides is 1. The third-order valence-electron chi connectivity index (χ3n) is 4.66. The Morgan fingerprint density at radius 2 is 1.95 bits per heavy atom. The number of hydrogen-bond donors (Lipinski definition) is 2. The quantitative estimate of drug-likeness (QED) is 0.856. The van der Waals surface area contributed by atoms with Crippen molar-refractivity contribution in [3.63, 3.8) is 0 Å². The van der Waals surface area contributed by atoms with Crippen LogP contribution in [0.2, 0.25) is 0 Å². The Balaban J connectivity index is 1.46. The van der Waals surface area contributed by atoms with E-state index in [1.54, 1.807) is 0 Å². The van der Waals surface area contributed by atoms with E-state index >= 15 is 0 Å². The summed E-state index contributed by atoms with van der Waals surface area (Å²) in [6, 6.07) is 9.79. The van der Waals surface area contributed by atoms with Gasteiger partial charge >= 0.3 is 0 Å². The van der Waals surface area contributed by atoms with Crippen molar-refractivity contribution in [2.45, 2.75) is 25.0 Å². The zero-order chi connectivity index (χ0) is 15.4. The van der Waals surface area contributed by atoms with Crippen molar-refractivity contribution in [2.75, 3.05) is 39.3 Å². The number of piperazine rings is 1. The average Bonchev–Trinajstić information content (AvgIpc) is 3.10. The first-order chi connectivity index (χ1) is 10.7. The number of hydrogen-bond acceptors (Lipinski definition) is 4. The predicted molar refractivity (Wildman–Crippen MR) is 85.4 cm³/mol. The molecule has 1 aromatic rings. The lowest BCUT2D eigenvalue weighted by Gasteiger charge is -2.36. The van der Waals surface area contributed by atoms with Crippen LogP contribution in [0.4, 0.5) is 0 Å². The molecule has 0 radical (unpaired) electrons. The van der Waals surface area contributed by atoms with Crippen molar-refractivity contribution in [2.24, 2.45) is 0 Å². The number of nitrogens with zero attached hydrogens (tertiary/aromatic N) is 2. The second kappa shape index (κ2) is 7.22. The van der Waals surface area contributed by atoms with Crippen LogP contribution in [-0.2, 0) is 4.79 Å². The molecule has 22 heavy (non-hydrogen) atoms. The van der Waals surface area contributed by atoms with E-state index in [9.17, 15) is 9.90 Å². The lowest BCUT2D eigenvalue weighted by atomic mass is 10.1. The highest BCUT2D eigenvalue weighted by Crippen LogP contribution is 2.16. The Labute approximate surface area is 131 Å². The van der Waals surface area contributed by atoms with Gasteiger partial charge in [-0.3, -0.25) is 9.69 Å². The van der Waals surface area contributed by atoms with E-state index in [0.717, 1.165) is 51.1 Å². The highest BCUT2D eigenvalue weighted by Gasteiger charge is 2.29. The summed E-state index contributed by atoms with van der Waals surface area (Å²) >= 11 is 0. The molecule has 120 valence electrons. The maximum absolute atomic E-state index is 12.3.